The monoisotopic (exact) mass is 292 g/mol. The summed E-state index contributed by atoms with van der Waals surface area (Å²) in [5.41, 5.74) is 1.16. The van der Waals surface area contributed by atoms with Crippen molar-refractivity contribution in [2.24, 2.45) is 4.99 Å². The number of hydrogen-bond acceptors (Lipinski definition) is 4. The number of nitrogens with one attached hydrogen (secondary N) is 1. The Morgan fingerprint density at radius 3 is 2.70 bits per heavy atom. The SMILES string of the molecule is CCCOc1ccc(NC2=NC(C)(CC)CCS2)cc1. The highest BCUT2D eigenvalue weighted by atomic mass is 32.2. The highest BCUT2D eigenvalue weighted by molar-refractivity contribution is 8.14. The molecule has 110 valence electrons. The van der Waals surface area contributed by atoms with Crippen LogP contribution >= 0.6 is 11.8 Å². The van der Waals surface area contributed by atoms with E-state index in [4.69, 9.17) is 9.73 Å². The van der Waals surface area contributed by atoms with Gasteiger partial charge < -0.3 is 10.1 Å². The summed E-state index contributed by atoms with van der Waals surface area (Å²) >= 11 is 1.80. The van der Waals surface area contributed by atoms with Crippen LogP contribution in [-0.4, -0.2) is 23.1 Å². The molecule has 2 rings (SSSR count). The van der Waals surface area contributed by atoms with Gasteiger partial charge in [-0.1, -0.05) is 25.6 Å². The molecule has 3 nitrogen and oxygen atoms in total. The van der Waals surface area contributed by atoms with Gasteiger partial charge in [0.1, 0.15) is 5.75 Å². The molecule has 20 heavy (non-hydrogen) atoms. The van der Waals surface area contributed by atoms with Crippen molar-refractivity contribution in [1.29, 1.82) is 0 Å². The third kappa shape index (κ3) is 4.17. The van der Waals surface area contributed by atoms with Crippen LogP contribution in [0.2, 0.25) is 0 Å². The van der Waals surface area contributed by atoms with Crippen LogP contribution in [0.4, 0.5) is 5.69 Å². The first-order chi connectivity index (χ1) is 9.65. The summed E-state index contributed by atoms with van der Waals surface area (Å²) in [6.07, 6.45) is 3.27. The van der Waals surface area contributed by atoms with Crippen molar-refractivity contribution in [3.05, 3.63) is 24.3 Å². The van der Waals surface area contributed by atoms with Crippen LogP contribution in [0.25, 0.3) is 0 Å². The maximum Gasteiger partial charge on any atom is 0.161 e. The number of amidine groups is 1. The molecule has 1 heterocycles. The number of rotatable bonds is 5. The molecule has 0 amide bonds. The number of anilines is 1. The van der Waals surface area contributed by atoms with E-state index < -0.39 is 0 Å². The minimum atomic E-state index is 0.0950. The maximum absolute atomic E-state index is 5.59. The third-order valence-corrected chi connectivity index (χ3v) is 4.47. The van der Waals surface area contributed by atoms with Gasteiger partial charge in [0.05, 0.1) is 12.1 Å². The number of thioether (sulfide) groups is 1. The van der Waals surface area contributed by atoms with E-state index in [1.165, 1.54) is 0 Å². The van der Waals surface area contributed by atoms with Gasteiger partial charge in [0.25, 0.3) is 0 Å². The summed E-state index contributed by atoms with van der Waals surface area (Å²) in [4.78, 5) is 4.84. The van der Waals surface area contributed by atoms with E-state index in [9.17, 15) is 0 Å². The Bertz CT molecular complexity index is 458. The van der Waals surface area contributed by atoms with Crippen molar-refractivity contribution >= 4 is 22.6 Å². The van der Waals surface area contributed by atoms with Gasteiger partial charge in [-0.25, -0.2) is 0 Å². The first-order valence-electron chi connectivity index (χ1n) is 7.38. The van der Waals surface area contributed by atoms with Crippen LogP contribution in [0.5, 0.6) is 5.75 Å². The highest BCUT2D eigenvalue weighted by Crippen LogP contribution is 2.30. The molecular formula is C16H24N2OS. The molecule has 1 N–H and O–H groups in total. The minimum Gasteiger partial charge on any atom is -0.494 e. The van der Waals surface area contributed by atoms with Gasteiger partial charge in [0, 0.05) is 11.4 Å². The summed E-state index contributed by atoms with van der Waals surface area (Å²) in [5.74, 6) is 2.06. The molecule has 0 fully saturated rings. The molecule has 1 aliphatic rings. The van der Waals surface area contributed by atoms with E-state index in [1.807, 2.05) is 24.3 Å². The van der Waals surface area contributed by atoms with Gasteiger partial charge in [-0.05, 0) is 50.5 Å². The molecule has 1 aliphatic heterocycles. The van der Waals surface area contributed by atoms with Gasteiger partial charge in [-0.15, -0.1) is 0 Å². The molecule has 1 aromatic rings. The molecule has 0 aromatic heterocycles. The molecule has 0 spiro atoms. The fraction of sp³-hybridized carbons (Fsp3) is 0.562. The zero-order valence-electron chi connectivity index (χ0n) is 12.6. The average molecular weight is 292 g/mol. The van der Waals surface area contributed by atoms with Crippen LogP contribution in [0.1, 0.15) is 40.0 Å². The molecular weight excluding hydrogens is 268 g/mol. The Morgan fingerprint density at radius 2 is 2.05 bits per heavy atom. The van der Waals surface area contributed by atoms with Gasteiger partial charge in [-0.2, -0.15) is 0 Å². The average Bonchev–Trinajstić information content (AvgIpc) is 2.47. The highest BCUT2D eigenvalue weighted by Gasteiger charge is 2.25. The topological polar surface area (TPSA) is 33.6 Å². The Hall–Kier alpha value is -1.16. The van der Waals surface area contributed by atoms with Gasteiger partial charge >= 0.3 is 0 Å². The van der Waals surface area contributed by atoms with E-state index in [0.29, 0.717) is 0 Å². The minimum absolute atomic E-state index is 0.0950. The number of nitrogens with zero attached hydrogens (tertiary/aromatic N) is 1. The van der Waals surface area contributed by atoms with Crippen molar-refractivity contribution < 1.29 is 4.74 Å². The van der Waals surface area contributed by atoms with E-state index in [-0.39, 0.29) is 5.54 Å². The lowest BCUT2D eigenvalue weighted by molar-refractivity contribution is 0.317. The molecule has 0 aliphatic carbocycles. The lowest BCUT2D eigenvalue weighted by atomic mass is 9.97. The summed E-state index contributed by atoms with van der Waals surface area (Å²) in [5, 5.41) is 4.44. The largest absolute Gasteiger partial charge is 0.494 e. The summed E-state index contributed by atoms with van der Waals surface area (Å²) in [6, 6.07) is 8.11. The van der Waals surface area contributed by atoms with Crippen LogP contribution < -0.4 is 10.1 Å². The number of benzene rings is 1. The number of hydrogen-bond donors (Lipinski definition) is 1. The molecule has 0 bridgehead atoms. The lowest BCUT2D eigenvalue weighted by Gasteiger charge is -2.29. The van der Waals surface area contributed by atoms with Crippen LogP contribution in [-0.2, 0) is 0 Å². The van der Waals surface area contributed by atoms with Crippen LogP contribution in [0.3, 0.4) is 0 Å². The van der Waals surface area contributed by atoms with Crippen LogP contribution in [0.15, 0.2) is 29.3 Å². The molecule has 0 saturated heterocycles. The van der Waals surface area contributed by atoms with E-state index >= 15 is 0 Å². The molecule has 0 saturated carbocycles. The second-order valence-corrected chi connectivity index (χ2v) is 6.45. The van der Waals surface area contributed by atoms with Gasteiger partial charge in [-0.3, -0.25) is 4.99 Å². The van der Waals surface area contributed by atoms with Gasteiger partial charge in [0.15, 0.2) is 5.17 Å². The molecule has 4 heteroatoms. The Kier molecular flexibility index (Phi) is 5.35. The fourth-order valence-corrected chi connectivity index (χ4v) is 3.21. The van der Waals surface area contributed by atoms with E-state index in [0.717, 1.165) is 48.2 Å². The molecule has 1 aromatic carbocycles. The quantitative estimate of drug-likeness (QED) is 0.864. The predicted molar refractivity (Wildman–Crippen MR) is 89.1 cm³/mol. The normalized spacial score (nSPS) is 22.2. The molecule has 1 atom stereocenters. The molecule has 1 unspecified atom stereocenters. The predicted octanol–water partition coefficient (Wildman–Crippen LogP) is 4.55. The lowest BCUT2D eigenvalue weighted by Crippen LogP contribution is -2.29. The zero-order valence-corrected chi connectivity index (χ0v) is 13.4. The third-order valence-electron chi connectivity index (χ3n) is 3.59. The summed E-state index contributed by atoms with van der Waals surface area (Å²) < 4.78 is 5.59. The second kappa shape index (κ2) is 7.02. The van der Waals surface area contributed by atoms with E-state index in [2.05, 4.69) is 26.1 Å². The fourth-order valence-electron chi connectivity index (χ4n) is 2.00. The second-order valence-electron chi connectivity index (χ2n) is 5.36. The first-order valence-corrected chi connectivity index (χ1v) is 8.36. The van der Waals surface area contributed by atoms with Gasteiger partial charge in [0.2, 0.25) is 0 Å². The maximum atomic E-state index is 5.59. The zero-order chi connectivity index (χ0) is 14.4. The standard InChI is InChI=1S/C16H24N2OS/c1-4-11-19-14-8-6-13(7-9-14)17-15-18-16(3,5-2)10-12-20-15/h6-9H,4-5,10-12H2,1-3H3,(H,17,18). The Morgan fingerprint density at radius 1 is 1.30 bits per heavy atom. The van der Waals surface area contributed by atoms with E-state index in [1.54, 1.807) is 11.8 Å². The van der Waals surface area contributed by atoms with Crippen molar-refractivity contribution in [2.45, 2.75) is 45.6 Å². The van der Waals surface area contributed by atoms with Crippen molar-refractivity contribution in [3.8, 4) is 5.75 Å². The van der Waals surface area contributed by atoms with Crippen LogP contribution in [0, 0.1) is 0 Å². The smallest absolute Gasteiger partial charge is 0.161 e. The van der Waals surface area contributed by atoms with Crippen molar-refractivity contribution in [2.75, 3.05) is 17.7 Å². The van der Waals surface area contributed by atoms with Crippen molar-refractivity contribution in [1.82, 2.24) is 0 Å². The van der Waals surface area contributed by atoms with Crippen molar-refractivity contribution in [3.63, 3.8) is 0 Å². The molecule has 0 radical (unpaired) electrons. The number of aliphatic imine (C=N–C) groups is 1. The first kappa shape index (κ1) is 15.2. The Labute approximate surface area is 126 Å². The summed E-state index contributed by atoms with van der Waals surface area (Å²) in [7, 11) is 0. The Balaban J connectivity index is 1.99. The summed E-state index contributed by atoms with van der Waals surface area (Å²) in [6.45, 7) is 7.32. The number of ether oxygens (including phenoxy) is 1.